The molecule has 29 heavy (non-hydrogen) atoms. The summed E-state index contributed by atoms with van der Waals surface area (Å²) in [6, 6.07) is 18.6. The Labute approximate surface area is 166 Å². The number of ether oxygens (including phenoxy) is 1. The molecule has 6 heteroatoms. The summed E-state index contributed by atoms with van der Waals surface area (Å²) in [5.41, 5.74) is 3.34. The van der Waals surface area contributed by atoms with Gasteiger partial charge in [-0.15, -0.1) is 0 Å². The van der Waals surface area contributed by atoms with E-state index in [0.717, 1.165) is 5.56 Å². The number of H-pyrrole nitrogens is 1. The molecule has 0 spiro atoms. The monoisotopic (exact) mass is 383 g/mol. The summed E-state index contributed by atoms with van der Waals surface area (Å²) in [5.74, 6) is 0.318. The van der Waals surface area contributed by atoms with Gasteiger partial charge in [0.1, 0.15) is 6.61 Å². The van der Waals surface area contributed by atoms with E-state index < -0.39 is 0 Å². The van der Waals surface area contributed by atoms with Crippen molar-refractivity contribution in [3.8, 4) is 5.88 Å². The predicted octanol–water partition coefficient (Wildman–Crippen LogP) is 4.10. The van der Waals surface area contributed by atoms with Gasteiger partial charge in [0.15, 0.2) is 0 Å². The Hall–Kier alpha value is -3.93. The fourth-order valence-corrected chi connectivity index (χ4v) is 3.70. The van der Waals surface area contributed by atoms with Crippen molar-refractivity contribution in [2.45, 2.75) is 13.5 Å². The van der Waals surface area contributed by atoms with E-state index in [0.29, 0.717) is 45.9 Å². The average Bonchev–Trinajstić information content (AvgIpc) is 3.03. The van der Waals surface area contributed by atoms with E-state index in [2.05, 4.69) is 9.97 Å². The van der Waals surface area contributed by atoms with Gasteiger partial charge in [-0.25, -0.2) is 4.98 Å². The Balaban J connectivity index is 1.50. The third-order valence-corrected chi connectivity index (χ3v) is 5.08. The SMILES string of the molecule is Cc1nc(OCc2ccccc2)ccc1N1C(=O)c2cccc3c(=O)[nH]cc1c23. The Morgan fingerprint density at radius 2 is 1.79 bits per heavy atom. The van der Waals surface area contributed by atoms with E-state index in [1.54, 1.807) is 35.4 Å². The lowest BCUT2D eigenvalue weighted by atomic mass is 10.1. The number of benzene rings is 2. The molecule has 1 aliphatic rings. The molecule has 3 heterocycles. The maximum Gasteiger partial charge on any atom is 0.263 e. The van der Waals surface area contributed by atoms with Crippen LogP contribution in [0.4, 0.5) is 11.4 Å². The smallest absolute Gasteiger partial charge is 0.263 e. The molecule has 0 atom stereocenters. The van der Waals surface area contributed by atoms with Crippen molar-refractivity contribution in [1.82, 2.24) is 9.97 Å². The van der Waals surface area contributed by atoms with Crippen molar-refractivity contribution in [1.29, 1.82) is 0 Å². The normalized spacial score (nSPS) is 12.6. The highest BCUT2D eigenvalue weighted by Crippen LogP contribution is 2.41. The molecule has 0 saturated heterocycles. The minimum absolute atomic E-state index is 0.174. The Kier molecular flexibility index (Phi) is 3.91. The summed E-state index contributed by atoms with van der Waals surface area (Å²) in [5, 5.41) is 1.18. The van der Waals surface area contributed by atoms with Crippen molar-refractivity contribution in [3.05, 3.63) is 94.0 Å². The van der Waals surface area contributed by atoms with Gasteiger partial charge in [-0.3, -0.25) is 14.5 Å². The van der Waals surface area contributed by atoms with Crippen LogP contribution < -0.4 is 15.2 Å². The van der Waals surface area contributed by atoms with Gasteiger partial charge < -0.3 is 9.72 Å². The number of nitrogens with one attached hydrogen (secondary N) is 1. The molecule has 0 bridgehead atoms. The van der Waals surface area contributed by atoms with Gasteiger partial charge in [-0.05, 0) is 30.7 Å². The van der Waals surface area contributed by atoms with E-state index in [1.807, 2.05) is 43.3 Å². The molecule has 1 aliphatic heterocycles. The van der Waals surface area contributed by atoms with Gasteiger partial charge in [0, 0.05) is 23.0 Å². The maximum absolute atomic E-state index is 13.1. The third kappa shape index (κ3) is 2.77. The molecular weight excluding hydrogens is 366 g/mol. The van der Waals surface area contributed by atoms with E-state index in [9.17, 15) is 9.59 Å². The highest BCUT2D eigenvalue weighted by Gasteiger charge is 2.33. The van der Waals surface area contributed by atoms with Crippen LogP contribution in [0.5, 0.6) is 5.88 Å². The molecule has 0 unspecified atom stereocenters. The fraction of sp³-hybridized carbons (Fsp3) is 0.0870. The highest BCUT2D eigenvalue weighted by molar-refractivity contribution is 6.27. The molecule has 0 fully saturated rings. The zero-order chi connectivity index (χ0) is 20.0. The second kappa shape index (κ2) is 6.60. The van der Waals surface area contributed by atoms with Crippen LogP contribution in [-0.4, -0.2) is 15.9 Å². The molecule has 6 nitrogen and oxygen atoms in total. The molecule has 0 radical (unpaired) electrons. The Morgan fingerprint density at radius 3 is 2.59 bits per heavy atom. The third-order valence-electron chi connectivity index (χ3n) is 5.08. The summed E-state index contributed by atoms with van der Waals surface area (Å²) in [7, 11) is 0. The van der Waals surface area contributed by atoms with Crippen LogP contribution in [-0.2, 0) is 6.61 Å². The van der Waals surface area contributed by atoms with Crippen LogP contribution in [0, 0.1) is 6.92 Å². The van der Waals surface area contributed by atoms with E-state index in [1.165, 1.54) is 0 Å². The van der Waals surface area contributed by atoms with E-state index in [-0.39, 0.29) is 11.5 Å². The topological polar surface area (TPSA) is 75.3 Å². The quantitative estimate of drug-likeness (QED) is 0.576. The van der Waals surface area contributed by atoms with Crippen molar-refractivity contribution >= 4 is 28.1 Å². The molecule has 1 N–H and O–H groups in total. The first kappa shape index (κ1) is 17.2. The van der Waals surface area contributed by atoms with Crippen LogP contribution in [0.15, 0.2) is 71.7 Å². The molecule has 4 aromatic rings. The summed E-state index contributed by atoms with van der Waals surface area (Å²) in [6.07, 6.45) is 1.58. The molecule has 142 valence electrons. The number of anilines is 2. The first-order valence-corrected chi connectivity index (χ1v) is 9.27. The lowest BCUT2D eigenvalue weighted by Crippen LogP contribution is -2.22. The Bertz CT molecular complexity index is 1310. The first-order valence-electron chi connectivity index (χ1n) is 9.27. The number of aromatic amines is 1. The summed E-state index contributed by atoms with van der Waals surface area (Å²) in [6.45, 7) is 2.26. The molecular formula is C23H17N3O3. The summed E-state index contributed by atoms with van der Waals surface area (Å²) in [4.78, 5) is 34.1. The minimum Gasteiger partial charge on any atom is -0.473 e. The number of rotatable bonds is 4. The lowest BCUT2D eigenvalue weighted by Gasteiger charge is -2.20. The van der Waals surface area contributed by atoms with Crippen LogP contribution >= 0.6 is 0 Å². The largest absolute Gasteiger partial charge is 0.473 e. The molecule has 5 rings (SSSR count). The van der Waals surface area contributed by atoms with Crippen LogP contribution in [0.2, 0.25) is 0 Å². The van der Waals surface area contributed by atoms with Crippen LogP contribution in [0.25, 0.3) is 10.8 Å². The number of pyridine rings is 2. The summed E-state index contributed by atoms with van der Waals surface area (Å²) < 4.78 is 5.79. The molecule has 0 saturated carbocycles. The van der Waals surface area contributed by atoms with Gasteiger partial charge >= 0.3 is 0 Å². The van der Waals surface area contributed by atoms with Gasteiger partial charge in [0.25, 0.3) is 11.5 Å². The van der Waals surface area contributed by atoms with Crippen molar-refractivity contribution in [3.63, 3.8) is 0 Å². The van der Waals surface area contributed by atoms with Gasteiger partial charge in [-0.1, -0.05) is 36.4 Å². The fourth-order valence-electron chi connectivity index (χ4n) is 3.70. The van der Waals surface area contributed by atoms with Gasteiger partial charge in [0.05, 0.1) is 22.6 Å². The van der Waals surface area contributed by atoms with Crippen molar-refractivity contribution < 1.29 is 9.53 Å². The van der Waals surface area contributed by atoms with Gasteiger partial charge in [0.2, 0.25) is 5.88 Å². The summed E-state index contributed by atoms with van der Waals surface area (Å²) >= 11 is 0. The number of amides is 1. The zero-order valence-electron chi connectivity index (χ0n) is 15.7. The number of aromatic nitrogens is 2. The number of carbonyl (C=O) groups excluding carboxylic acids is 1. The maximum atomic E-state index is 13.1. The van der Waals surface area contributed by atoms with E-state index in [4.69, 9.17) is 4.74 Å². The number of nitrogens with zero attached hydrogens (tertiary/aromatic N) is 2. The molecule has 0 aliphatic carbocycles. The zero-order valence-corrected chi connectivity index (χ0v) is 15.7. The van der Waals surface area contributed by atoms with Crippen LogP contribution in [0.3, 0.4) is 0 Å². The van der Waals surface area contributed by atoms with Crippen LogP contribution in [0.1, 0.15) is 21.6 Å². The average molecular weight is 383 g/mol. The number of hydrogen-bond donors (Lipinski definition) is 1. The van der Waals surface area contributed by atoms with Crippen molar-refractivity contribution in [2.24, 2.45) is 0 Å². The highest BCUT2D eigenvalue weighted by atomic mass is 16.5. The van der Waals surface area contributed by atoms with Gasteiger partial charge in [-0.2, -0.15) is 0 Å². The molecule has 1 amide bonds. The lowest BCUT2D eigenvalue weighted by molar-refractivity contribution is 0.100. The number of carbonyl (C=O) groups is 1. The number of aryl methyl sites for hydroxylation is 1. The van der Waals surface area contributed by atoms with E-state index >= 15 is 0 Å². The first-order chi connectivity index (χ1) is 14.1. The second-order valence-electron chi connectivity index (χ2n) is 6.90. The standard InChI is InChI=1S/C23H17N3O3/c1-14-18(10-11-20(25-14)29-13-15-6-3-2-4-7-15)26-19-12-24-22(27)16-8-5-9-17(21(16)19)23(26)28/h2-12H,13H2,1H3,(H,24,27). The minimum atomic E-state index is -0.209. The molecule has 2 aromatic heterocycles. The predicted molar refractivity (Wildman–Crippen MR) is 111 cm³/mol. The Morgan fingerprint density at radius 1 is 0.966 bits per heavy atom. The molecule has 2 aromatic carbocycles. The second-order valence-corrected chi connectivity index (χ2v) is 6.90. The van der Waals surface area contributed by atoms with Crippen molar-refractivity contribution in [2.75, 3.05) is 4.90 Å². The number of hydrogen-bond acceptors (Lipinski definition) is 4.